The van der Waals surface area contributed by atoms with Gasteiger partial charge in [0.05, 0.1) is 5.41 Å². The van der Waals surface area contributed by atoms with Crippen molar-refractivity contribution in [2.75, 3.05) is 14.7 Å². The summed E-state index contributed by atoms with van der Waals surface area (Å²) in [5.74, 6) is 3.10. The molecule has 5 nitrogen and oxygen atoms in total. The summed E-state index contributed by atoms with van der Waals surface area (Å²) in [7, 11) is 0. The molecule has 4 heterocycles. The van der Waals surface area contributed by atoms with Crippen LogP contribution in [0.2, 0.25) is 0 Å². The minimum absolute atomic E-state index is 0.0648. The van der Waals surface area contributed by atoms with Gasteiger partial charge in [0.1, 0.15) is 5.75 Å². The first kappa shape index (κ1) is 60.7. The number of para-hydroxylation sites is 4. The van der Waals surface area contributed by atoms with E-state index in [0.717, 1.165) is 74.2 Å². The van der Waals surface area contributed by atoms with Crippen molar-refractivity contribution in [3.8, 4) is 45.3 Å². The second-order valence-corrected chi connectivity index (χ2v) is 30.7. The molecule has 494 valence electrons. The molecule has 0 amide bonds. The van der Waals surface area contributed by atoms with Gasteiger partial charge in [0.25, 0.3) is 0 Å². The van der Waals surface area contributed by atoms with Crippen molar-refractivity contribution < 1.29 is 9.47 Å². The van der Waals surface area contributed by atoms with Crippen molar-refractivity contribution in [2.45, 2.75) is 10.8 Å². The molecule has 0 spiro atoms. The van der Waals surface area contributed by atoms with Crippen molar-refractivity contribution >= 4 is 121 Å². The summed E-state index contributed by atoms with van der Waals surface area (Å²) in [6.07, 6.45) is 0. The van der Waals surface area contributed by atoms with E-state index in [1.54, 1.807) is 0 Å². The molecular weight excluding hydrogens is 1350 g/mol. The van der Waals surface area contributed by atoms with E-state index in [1.165, 1.54) is 108 Å². The fourth-order valence-corrected chi connectivity index (χ4v) is 21.5. The van der Waals surface area contributed by atoms with Crippen LogP contribution in [0.1, 0.15) is 44.5 Å². The molecule has 16 aromatic carbocycles. The third kappa shape index (κ3) is 8.86. The average molecular weight is 1420 g/mol. The maximum absolute atomic E-state index is 7.23. The van der Waals surface area contributed by atoms with Crippen LogP contribution in [0.15, 0.2) is 382 Å². The Morgan fingerprint density at radius 1 is 0.226 bits per heavy atom. The molecular formula is C98H63B2N3O2Se. The normalized spacial score (nSPS) is 14.2. The molecule has 0 bridgehead atoms. The molecule has 0 unspecified atom stereocenters. The molecule has 8 heteroatoms. The van der Waals surface area contributed by atoms with E-state index < -0.39 is 10.8 Å². The number of hydrogen-bond acceptors (Lipinski definition) is 5. The summed E-state index contributed by atoms with van der Waals surface area (Å²) < 4.78 is 17.0. The fraction of sp³-hybridized carbons (Fsp3) is 0.0204. The predicted octanol–water partition coefficient (Wildman–Crippen LogP) is 18.3. The van der Waals surface area contributed by atoms with E-state index in [2.05, 4.69) is 397 Å². The topological polar surface area (TPSA) is 28.2 Å². The molecule has 0 saturated carbocycles. The third-order valence-corrected chi connectivity index (χ3v) is 25.5. The van der Waals surface area contributed by atoms with Crippen molar-refractivity contribution in [3.63, 3.8) is 0 Å². The van der Waals surface area contributed by atoms with E-state index >= 15 is 0 Å². The Kier molecular flexibility index (Phi) is 13.7. The van der Waals surface area contributed by atoms with Crippen molar-refractivity contribution in [1.29, 1.82) is 0 Å². The summed E-state index contributed by atoms with van der Waals surface area (Å²) in [5.41, 5.74) is 30.9. The van der Waals surface area contributed by atoms with Gasteiger partial charge in [0.2, 0.25) is 0 Å². The van der Waals surface area contributed by atoms with E-state index in [0.29, 0.717) is 0 Å². The molecule has 0 radical (unpaired) electrons. The Labute approximate surface area is 623 Å². The number of benzene rings is 16. The molecule has 0 atom stereocenters. The molecule has 0 saturated heterocycles. The summed E-state index contributed by atoms with van der Waals surface area (Å²) in [6.45, 7) is -0.351. The van der Waals surface area contributed by atoms with Gasteiger partial charge in [-0.2, -0.15) is 0 Å². The first-order valence-electron chi connectivity index (χ1n) is 36.6. The zero-order valence-corrected chi connectivity index (χ0v) is 59.3. The van der Waals surface area contributed by atoms with E-state index in [4.69, 9.17) is 9.47 Å². The standard InChI is InChI=1S/C98H63B2N3O2Se/c1-8-30-64(31-9-1)97(65-32-10-2-11-33-65)79-46-24-22-44-75(79)77-56-69(52-54-81(77)97)102-88-63-89-86(62-85(88)99-83-48-26-28-50-87(83)101(68-38-16-5-17-39-68)90-58-73(59-91(102)95(90)99)104-71-40-18-6-19-41-71)100-84-49-27-29-51-93(84)106-94-61-74(105-72-42-20-7-21-43-72)60-92(96(94)100)103(89)70-53-55-82-78(57-70)76-45-23-25-47-80(76)98(82,66-34-12-3-13-35-66)67-36-14-4-15-37-67/h1-63H. The SMILES string of the molecule is c1ccc(Oc2cc3c4c(c2)N(c2ccc5c(c2)-c2ccccc2C5(c2ccccc2)c2ccccc2)c2cc5c(cc2B4c2ccccc2[Se]3)B2c3ccccc3N(c3ccccc3)c3cc(Oc4ccccc4)cc(c32)N5c2ccc3c(c2)-c2ccccc2C3(c2ccccc2)c2ccccc2)cc1. The Morgan fingerprint density at radius 2 is 0.604 bits per heavy atom. The minimum atomic E-state index is -0.606. The van der Waals surface area contributed by atoms with Crippen LogP contribution in [0, 0.1) is 0 Å². The number of anilines is 9. The number of rotatable bonds is 11. The molecule has 16 aromatic rings. The Morgan fingerprint density at radius 3 is 1.10 bits per heavy atom. The maximum atomic E-state index is 7.23. The summed E-state index contributed by atoms with van der Waals surface area (Å²) >= 11 is -0.0648. The fourth-order valence-electron chi connectivity index (χ4n) is 19.0. The molecule has 4 aliphatic heterocycles. The van der Waals surface area contributed by atoms with Gasteiger partial charge in [-0.25, -0.2) is 0 Å². The quantitative estimate of drug-likeness (QED) is 0.120. The molecule has 106 heavy (non-hydrogen) atoms. The van der Waals surface area contributed by atoms with Crippen LogP contribution in [0.25, 0.3) is 22.3 Å². The first-order valence-corrected chi connectivity index (χ1v) is 38.3. The predicted molar refractivity (Wildman–Crippen MR) is 439 cm³/mol. The van der Waals surface area contributed by atoms with Crippen LogP contribution >= 0.6 is 0 Å². The second-order valence-electron chi connectivity index (χ2n) is 28.5. The number of ether oxygens (including phenoxy) is 2. The van der Waals surface area contributed by atoms with Gasteiger partial charge >= 0.3 is 455 Å². The monoisotopic (exact) mass is 1420 g/mol. The Bertz CT molecular complexity index is 6150. The van der Waals surface area contributed by atoms with Crippen LogP contribution in [-0.2, 0) is 10.8 Å². The Hall–Kier alpha value is -12.8. The van der Waals surface area contributed by atoms with E-state index in [1.807, 2.05) is 0 Å². The molecule has 22 rings (SSSR count). The average Bonchev–Trinajstić information content (AvgIpc) is 0.941. The summed E-state index contributed by atoms with van der Waals surface area (Å²) in [6, 6.07) is 142. The van der Waals surface area contributed by atoms with Gasteiger partial charge in [-0.15, -0.1) is 0 Å². The molecule has 0 fully saturated rings. The third-order valence-electron chi connectivity index (χ3n) is 23.1. The number of hydrogen-bond donors (Lipinski definition) is 0. The van der Waals surface area contributed by atoms with E-state index in [-0.39, 0.29) is 28.4 Å². The summed E-state index contributed by atoms with van der Waals surface area (Å²) in [5, 5.41) is 0. The molecule has 2 aliphatic carbocycles. The van der Waals surface area contributed by atoms with Crippen LogP contribution in [0.5, 0.6) is 23.0 Å². The molecule has 0 aromatic heterocycles. The number of fused-ring (bicyclic) bond motifs is 14. The van der Waals surface area contributed by atoms with E-state index in [9.17, 15) is 0 Å². The van der Waals surface area contributed by atoms with Gasteiger partial charge in [0.15, 0.2) is 0 Å². The molecule has 0 N–H and O–H groups in total. The van der Waals surface area contributed by atoms with Crippen LogP contribution < -0.4 is 65.9 Å². The van der Waals surface area contributed by atoms with Gasteiger partial charge in [-0.1, -0.05) is 133 Å². The van der Waals surface area contributed by atoms with Gasteiger partial charge in [-0.3, -0.25) is 0 Å². The van der Waals surface area contributed by atoms with Crippen LogP contribution in [0.4, 0.5) is 51.2 Å². The first-order chi connectivity index (χ1) is 52.6. The summed E-state index contributed by atoms with van der Waals surface area (Å²) in [4.78, 5) is 7.70. The van der Waals surface area contributed by atoms with Gasteiger partial charge in [-0.05, 0) is 28.8 Å². The van der Waals surface area contributed by atoms with Gasteiger partial charge < -0.3 is 0 Å². The van der Waals surface area contributed by atoms with Gasteiger partial charge in [0, 0.05) is 0 Å². The molecule has 6 aliphatic rings. The second kappa shape index (κ2) is 23.9. The van der Waals surface area contributed by atoms with Crippen LogP contribution in [-0.4, -0.2) is 28.4 Å². The van der Waals surface area contributed by atoms with Crippen molar-refractivity contribution in [3.05, 3.63) is 427 Å². The zero-order chi connectivity index (χ0) is 69.6. The zero-order valence-electron chi connectivity index (χ0n) is 57.6. The Balaban J connectivity index is 0.857. The number of nitrogens with zero attached hydrogens (tertiary/aromatic N) is 3. The van der Waals surface area contributed by atoms with Crippen molar-refractivity contribution in [2.24, 2.45) is 0 Å². The van der Waals surface area contributed by atoms with Crippen LogP contribution in [0.3, 0.4) is 0 Å². The van der Waals surface area contributed by atoms with Crippen molar-refractivity contribution in [1.82, 2.24) is 0 Å².